The van der Waals surface area contributed by atoms with Gasteiger partial charge in [0.15, 0.2) is 0 Å². The van der Waals surface area contributed by atoms with E-state index in [-0.39, 0.29) is 6.10 Å². The molecule has 0 amide bonds. The monoisotopic (exact) mass is 208 g/mol. The molecule has 15 heavy (non-hydrogen) atoms. The highest BCUT2D eigenvalue weighted by atomic mass is 16.5. The first-order valence-corrected chi connectivity index (χ1v) is 5.42. The molecule has 2 nitrogen and oxygen atoms in total. The molecule has 1 N–H and O–H groups in total. The Kier molecular flexibility index (Phi) is 3.61. The van der Waals surface area contributed by atoms with Crippen LogP contribution in [-0.4, -0.2) is 11.2 Å². The van der Waals surface area contributed by atoms with Gasteiger partial charge in [0.25, 0.3) is 0 Å². The predicted molar refractivity (Wildman–Crippen MR) is 62.7 cm³/mol. The molecule has 0 heterocycles. The van der Waals surface area contributed by atoms with Crippen LogP contribution in [0.25, 0.3) is 0 Å². The minimum atomic E-state index is 0.160. The Bertz CT molecular complexity index is 341. The first-order valence-electron chi connectivity index (χ1n) is 5.42. The summed E-state index contributed by atoms with van der Waals surface area (Å²) < 4.78 is 5.68. The van der Waals surface area contributed by atoms with Crippen LogP contribution in [0, 0.1) is 6.92 Å². The molecule has 1 aromatic carbocycles. The number of phenols is 1. The van der Waals surface area contributed by atoms with Crippen LogP contribution < -0.4 is 4.74 Å². The minimum absolute atomic E-state index is 0.160. The Balaban J connectivity index is 3.11. The van der Waals surface area contributed by atoms with Crippen LogP contribution in [0.15, 0.2) is 12.1 Å². The van der Waals surface area contributed by atoms with E-state index in [0.717, 1.165) is 16.9 Å². The van der Waals surface area contributed by atoms with Gasteiger partial charge in [-0.3, -0.25) is 0 Å². The molecule has 0 fully saturated rings. The zero-order chi connectivity index (χ0) is 11.6. The maximum absolute atomic E-state index is 9.76. The fraction of sp³-hybridized carbons (Fsp3) is 0.538. The summed E-state index contributed by atoms with van der Waals surface area (Å²) in [6, 6.07) is 3.71. The molecular weight excluding hydrogens is 188 g/mol. The van der Waals surface area contributed by atoms with E-state index in [0.29, 0.717) is 11.7 Å². The third-order valence-electron chi connectivity index (χ3n) is 2.31. The van der Waals surface area contributed by atoms with Gasteiger partial charge >= 0.3 is 0 Å². The highest BCUT2D eigenvalue weighted by molar-refractivity contribution is 5.46. The van der Waals surface area contributed by atoms with Crippen molar-refractivity contribution in [3.63, 3.8) is 0 Å². The van der Waals surface area contributed by atoms with Gasteiger partial charge in [-0.15, -0.1) is 0 Å². The molecule has 0 bridgehead atoms. The lowest BCUT2D eigenvalue weighted by molar-refractivity contribution is 0.240. The van der Waals surface area contributed by atoms with Crippen LogP contribution in [0.1, 0.15) is 44.7 Å². The van der Waals surface area contributed by atoms with Crippen LogP contribution in [0.3, 0.4) is 0 Å². The molecule has 0 aliphatic heterocycles. The maximum Gasteiger partial charge on any atom is 0.123 e. The smallest absolute Gasteiger partial charge is 0.123 e. The molecule has 1 rings (SSSR count). The van der Waals surface area contributed by atoms with Gasteiger partial charge in [-0.25, -0.2) is 0 Å². The maximum atomic E-state index is 9.76. The number of aryl methyl sites for hydroxylation is 1. The predicted octanol–water partition coefficient (Wildman–Crippen LogP) is 3.61. The zero-order valence-electron chi connectivity index (χ0n) is 10.2. The van der Waals surface area contributed by atoms with E-state index >= 15 is 0 Å². The Morgan fingerprint density at radius 3 is 2.20 bits per heavy atom. The van der Waals surface area contributed by atoms with E-state index in [9.17, 15) is 5.11 Å². The average Bonchev–Trinajstić information content (AvgIpc) is 2.08. The van der Waals surface area contributed by atoms with Gasteiger partial charge in [0.2, 0.25) is 0 Å². The Labute approximate surface area is 91.9 Å². The fourth-order valence-corrected chi connectivity index (χ4v) is 1.53. The van der Waals surface area contributed by atoms with Crippen LogP contribution in [0.5, 0.6) is 11.5 Å². The van der Waals surface area contributed by atoms with Gasteiger partial charge in [0.05, 0.1) is 6.10 Å². The molecule has 0 saturated carbocycles. The first kappa shape index (κ1) is 11.9. The van der Waals surface area contributed by atoms with Crippen molar-refractivity contribution in [3.8, 4) is 11.5 Å². The van der Waals surface area contributed by atoms with Crippen LogP contribution in [0.2, 0.25) is 0 Å². The highest BCUT2D eigenvalue weighted by Gasteiger charge is 2.11. The molecule has 0 unspecified atom stereocenters. The van der Waals surface area contributed by atoms with Crippen LogP contribution in [-0.2, 0) is 0 Å². The van der Waals surface area contributed by atoms with E-state index in [2.05, 4.69) is 13.8 Å². The summed E-state index contributed by atoms with van der Waals surface area (Å²) in [5.41, 5.74) is 1.92. The number of benzene rings is 1. The summed E-state index contributed by atoms with van der Waals surface area (Å²) in [7, 11) is 0. The Morgan fingerprint density at radius 2 is 1.73 bits per heavy atom. The molecule has 0 radical (unpaired) electrons. The highest BCUT2D eigenvalue weighted by Crippen LogP contribution is 2.32. The second-order valence-electron chi connectivity index (χ2n) is 4.50. The molecule has 2 heteroatoms. The van der Waals surface area contributed by atoms with Gasteiger partial charge in [-0.2, -0.15) is 0 Å². The topological polar surface area (TPSA) is 29.5 Å². The van der Waals surface area contributed by atoms with Gasteiger partial charge in [0.1, 0.15) is 11.5 Å². The standard InChI is InChI=1S/C13H20O2/c1-8(2)11-7-13(15-9(3)4)10(5)6-12(11)14/h6-9,14H,1-5H3. The lowest BCUT2D eigenvalue weighted by atomic mass is 10.00. The zero-order valence-corrected chi connectivity index (χ0v) is 10.2. The van der Waals surface area contributed by atoms with Crippen molar-refractivity contribution in [3.05, 3.63) is 23.3 Å². The van der Waals surface area contributed by atoms with E-state index in [4.69, 9.17) is 4.74 Å². The van der Waals surface area contributed by atoms with E-state index in [1.807, 2.05) is 26.8 Å². The molecule has 0 aromatic heterocycles. The molecule has 0 aliphatic carbocycles. The van der Waals surface area contributed by atoms with Gasteiger partial charge in [-0.05, 0) is 44.4 Å². The number of aromatic hydroxyl groups is 1. The van der Waals surface area contributed by atoms with Crippen molar-refractivity contribution in [2.75, 3.05) is 0 Å². The number of phenolic OH excluding ortho intramolecular Hbond substituents is 1. The van der Waals surface area contributed by atoms with E-state index in [1.165, 1.54) is 0 Å². The van der Waals surface area contributed by atoms with Crippen molar-refractivity contribution in [1.82, 2.24) is 0 Å². The Hall–Kier alpha value is -1.18. The summed E-state index contributed by atoms with van der Waals surface area (Å²) >= 11 is 0. The molecule has 1 aromatic rings. The van der Waals surface area contributed by atoms with E-state index in [1.54, 1.807) is 6.07 Å². The first-order chi connectivity index (χ1) is 6.91. The van der Waals surface area contributed by atoms with Gasteiger partial charge in [0, 0.05) is 5.56 Å². The number of hydrogen-bond donors (Lipinski definition) is 1. The summed E-state index contributed by atoms with van der Waals surface area (Å²) in [5, 5.41) is 9.76. The third-order valence-corrected chi connectivity index (χ3v) is 2.31. The molecular formula is C13H20O2. The molecule has 0 saturated heterocycles. The van der Waals surface area contributed by atoms with Crippen molar-refractivity contribution in [1.29, 1.82) is 0 Å². The van der Waals surface area contributed by atoms with E-state index < -0.39 is 0 Å². The van der Waals surface area contributed by atoms with Crippen molar-refractivity contribution < 1.29 is 9.84 Å². The molecule has 84 valence electrons. The van der Waals surface area contributed by atoms with Crippen molar-refractivity contribution in [2.45, 2.75) is 46.6 Å². The second kappa shape index (κ2) is 4.56. The largest absolute Gasteiger partial charge is 0.508 e. The van der Waals surface area contributed by atoms with Crippen LogP contribution in [0.4, 0.5) is 0 Å². The summed E-state index contributed by atoms with van der Waals surface area (Å²) in [4.78, 5) is 0. The molecule has 0 aliphatic rings. The normalized spacial score (nSPS) is 11.1. The molecule has 0 atom stereocenters. The van der Waals surface area contributed by atoms with Crippen molar-refractivity contribution in [2.24, 2.45) is 0 Å². The lowest BCUT2D eigenvalue weighted by Gasteiger charge is -2.16. The summed E-state index contributed by atoms with van der Waals surface area (Å²) in [6.07, 6.45) is 0.160. The van der Waals surface area contributed by atoms with Crippen LogP contribution >= 0.6 is 0 Å². The third kappa shape index (κ3) is 2.88. The molecule has 0 spiro atoms. The van der Waals surface area contributed by atoms with Gasteiger partial charge < -0.3 is 9.84 Å². The lowest BCUT2D eigenvalue weighted by Crippen LogP contribution is -2.07. The number of rotatable bonds is 3. The fourth-order valence-electron chi connectivity index (χ4n) is 1.53. The average molecular weight is 208 g/mol. The summed E-state index contributed by atoms with van der Waals surface area (Å²) in [6.45, 7) is 10.1. The number of ether oxygens (including phenoxy) is 1. The van der Waals surface area contributed by atoms with Crippen molar-refractivity contribution >= 4 is 0 Å². The quantitative estimate of drug-likeness (QED) is 0.822. The number of hydrogen-bond acceptors (Lipinski definition) is 2. The minimum Gasteiger partial charge on any atom is -0.508 e. The SMILES string of the molecule is Cc1cc(O)c(C(C)C)cc1OC(C)C. The second-order valence-corrected chi connectivity index (χ2v) is 4.50. The summed E-state index contributed by atoms with van der Waals surface area (Å²) in [5.74, 6) is 1.53. The van der Waals surface area contributed by atoms with Gasteiger partial charge in [-0.1, -0.05) is 13.8 Å². The Morgan fingerprint density at radius 1 is 1.13 bits per heavy atom.